The lowest BCUT2D eigenvalue weighted by molar-refractivity contribution is -0.0380. The van der Waals surface area contributed by atoms with Crippen molar-refractivity contribution in [2.75, 3.05) is 13.2 Å². The van der Waals surface area contributed by atoms with Crippen molar-refractivity contribution in [1.29, 1.82) is 0 Å². The zero-order valence-corrected chi connectivity index (χ0v) is 6.38. The van der Waals surface area contributed by atoms with Crippen molar-refractivity contribution in [3.8, 4) is 0 Å². The minimum atomic E-state index is 0.0304. The van der Waals surface area contributed by atoms with Gasteiger partial charge in [-0.25, -0.2) is 0 Å². The highest BCUT2D eigenvalue weighted by Crippen LogP contribution is 2.07. The Balaban J connectivity index is 2.06. The van der Waals surface area contributed by atoms with E-state index in [1.807, 2.05) is 0 Å². The van der Waals surface area contributed by atoms with Gasteiger partial charge >= 0.3 is 0 Å². The zero-order chi connectivity index (χ0) is 7.23. The Bertz CT molecular complexity index is 104. The van der Waals surface area contributed by atoms with Crippen LogP contribution in [0.5, 0.6) is 0 Å². The molecule has 10 heavy (non-hydrogen) atoms. The molecule has 0 aromatic heterocycles. The van der Waals surface area contributed by atoms with E-state index < -0.39 is 0 Å². The van der Waals surface area contributed by atoms with E-state index in [0.717, 1.165) is 26.1 Å². The molecule has 1 fully saturated rings. The first-order chi connectivity index (χ1) is 4.93. The molecule has 0 saturated carbocycles. The van der Waals surface area contributed by atoms with Gasteiger partial charge in [0.15, 0.2) is 6.29 Å². The van der Waals surface area contributed by atoms with Gasteiger partial charge in [-0.15, -0.1) is 0 Å². The highest BCUT2D eigenvalue weighted by Gasteiger charge is 2.12. The molecule has 0 spiro atoms. The van der Waals surface area contributed by atoms with Gasteiger partial charge in [0.05, 0.1) is 13.2 Å². The Kier molecular flexibility index (Phi) is 3.47. The van der Waals surface area contributed by atoms with Crippen molar-refractivity contribution in [2.45, 2.75) is 26.1 Å². The van der Waals surface area contributed by atoms with Crippen LogP contribution in [0.4, 0.5) is 0 Å². The van der Waals surface area contributed by atoms with E-state index >= 15 is 0 Å². The van der Waals surface area contributed by atoms with Gasteiger partial charge in [-0.05, 0) is 6.42 Å². The van der Waals surface area contributed by atoms with Crippen molar-refractivity contribution < 1.29 is 9.47 Å². The minimum Gasteiger partial charge on any atom is -0.350 e. The van der Waals surface area contributed by atoms with Crippen LogP contribution in [0.15, 0.2) is 12.2 Å². The van der Waals surface area contributed by atoms with Gasteiger partial charge in [0.25, 0.3) is 0 Å². The summed E-state index contributed by atoms with van der Waals surface area (Å²) in [4.78, 5) is 0. The van der Waals surface area contributed by atoms with E-state index in [1.54, 1.807) is 0 Å². The average Bonchev–Trinajstić information content (AvgIpc) is 2.41. The van der Waals surface area contributed by atoms with Gasteiger partial charge in [-0.1, -0.05) is 19.1 Å². The first kappa shape index (κ1) is 7.76. The van der Waals surface area contributed by atoms with Crippen LogP contribution in [0.3, 0.4) is 0 Å². The van der Waals surface area contributed by atoms with Crippen LogP contribution in [-0.4, -0.2) is 19.5 Å². The maximum Gasteiger partial charge on any atom is 0.161 e. The molecule has 0 unspecified atom stereocenters. The maximum atomic E-state index is 5.23. The fraction of sp³-hybridized carbons (Fsp3) is 0.750. The summed E-state index contributed by atoms with van der Waals surface area (Å²) in [7, 11) is 0. The third-order valence-electron chi connectivity index (χ3n) is 1.42. The molecule has 58 valence electrons. The van der Waals surface area contributed by atoms with Crippen LogP contribution in [0, 0.1) is 0 Å². The van der Waals surface area contributed by atoms with E-state index in [0.29, 0.717) is 0 Å². The summed E-state index contributed by atoms with van der Waals surface area (Å²) in [5.74, 6) is 0. The van der Waals surface area contributed by atoms with Gasteiger partial charge < -0.3 is 9.47 Å². The number of hydrogen-bond donors (Lipinski definition) is 0. The SMILES string of the molecule is CC/C=C/CC1OCCO1. The fourth-order valence-corrected chi connectivity index (χ4v) is 0.917. The Labute approximate surface area is 61.8 Å². The number of allylic oxidation sites excluding steroid dienone is 1. The van der Waals surface area contributed by atoms with Crippen molar-refractivity contribution in [3.63, 3.8) is 0 Å². The van der Waals surface area contributed by atoms with Gasteiger partial charge in [0, 0.05) is 6.42 Å². The van der Waals surface area contributed by atoms with E-state index in [-0.39, 0.29) is 6.29 Å². The molecule has 2 heteroatoms. The summed E-state index contributed by atoms with van der Waals surface area (Å²) < 4.78 is 10.5. The number of ether oxygens (including phenoxy) is 2. The molecule has 0 aromatic carbocycles. The predicted octanol–water partition coefficient (Wildman–Crippen LogP) is 1.72. The summed E-state index contributed by atoms with van der Waals surface area (Å²) in [6.45, 7) is 3.63. The molecule has 0 bridgehead atoms. The van der Waals surface area contributed by atoms with E-state index in [1.165, 1.54) is 0 Å². The summed E-state index contributed by atoms with van der Waals surface area (Å²) in [5.41, 5.74) is 0. The third kappa shape index (κ3) is 2.50. The van der Waals surface area contributed by atoms with E-state index in [9.17, 15) is 0 Å². The molecular weight excluding hydrogens is 128 g/mol. The largest absolute Gasteiger partial charge is 0.350 e. The number of rotatable bonds is 3. The molecule has 1 saturated heterocycles. The first-order valence-corrected chi connectivity index (χ1v) is 3.81. The second kappa shape index (κ2) is 4.47. The lowest BCUT2D eigenvalue weighted by atomic mass is 10.3. The highest BCUT2D eigenvalue weighted by atomic mass is 16.7. The standard InChI is InChI=1S/C8H14O2/c1-2-3-4-5-8-9-6-7-10-8/h3-4,8H,2,5-7H2,1H3/b4-3+. The van der Waals surface area contributed by atoms with Crippen LogP contribution in [0.1, 0.15) is 19.8 Å². The van der Waals surface area contributed by atoms with Crippen LogP contribution < -0.4 is 0 Å². The van der Waals surface area contributed by atoms with Crippen molar-refractivity contribution in [3.05, 3.63) is 12.2 Å². The molecule has 0 aliphatic carbocycles. The molecule has 1 aliphatic heterocycles. The Hall–Kier alpha value is -0.340. The fourth-order valence-electron chi connectivity index (χ4n) is 0.917. The molecule has 0 aromatic rings. The van der Waals surface area contributed by atoms with Gasteiger partial charge in [-0.2, -0.15) is 0 Å². The predicted molar refractivity (Wildman–Crippen MR) is 39.7 cm³/mol. The highest BCUT2D eigenvalue weighted by molar-refractivity contribution is 4.81. The van der Waals surface area contributed by atoms with E-state index in [4.69, 9.17) is 9.47 Å². The van der Waals surface area contributed by atoms with Crippen LogP contribution in [0.25, 0.3) is 0 Å². The van der Waals surface area contributed by atoms with Gasteiger partial charge in [-0.3, -0.25) is 0 Å². The smallest absolute Gasteiger partial charge is 0.161 e. The van der Waals surface area contributed by atoms with Crippen LogP contribution >= 0.6 is 0 Å². The third-order valence-corrected chi connectivity index (χ3v) is 1.42. The van der Waals surface area contributed by atoms with Crippen molar-refractivity contribution in [2.24, 2.45) is 0 Å². The Morgan fingerprint density at radius 3 is 2.60 bits per heavy atom. The lowest BCUT2D eigenvalue weighted by Crippen LogP contribution is -2.04. The maximum absolute atomic E-state index is 5.23. The van der Waals surface area contributed by atoms with Crippen molar-refractivity contribution >= 4 is 0 Å². The van der Waals surface area contributed by atoms with Gasteiger partial charge in [0.1, 0.15) is 0 Å². The van der Waals surface area contributed by atoms with Gasteiger partial charge in [0.2, 0.25) is 0 Å². The molecule has 0 atom stereocenters. The molecule has 0 radical (unpaired) electrons. The normalized spacial score (nSPS) is 20.9. The lowest BCUT2D eigenvalue weighted by Gasteiger charge is -2.03. The molecule has 1 aliphatic rings. The average molecular weight is 142 g/mol. The zero-order valence-electron chi connectivity index (χ0n) is 6.38. The molecule has 0 N–H and O–H groups in total. The first-order valence-electron chi connectivity index (χ1n) is 3.81. The molecule has 1 heterocycles. The Morgan fingerprint density at radius 1 is 1.30 bits per heavy atom. The summed E-state index contributed by atoms with van der Waals surface area (Å²) in [5, 5.41) is 0. The summed E-state index contributed by atoms with van der Waals surface area (Å²) in [6.07, 6.45) is 6.25. The van der Waals surface area contributed by atoms with Crippen molar-refractivity contribution in [1.82, 2.24) is 0 Å². The molecular formula is C8H14O2. The quantitative estimate of drug-likeness (QED) is 0.558. The Morgan fingerprint density at radius 2 is 2.00 bits per heavy atom. The van der Waals surface area contributed by atoms with Crippen LogP contribution in [0.2, 0.25) is 0 Å². The topological polar surface area (TPSA) is 18.5 Å². The second-order valence-corrected chi connectivity index (χ2v) is 2.29. The summed E-state index contributed by atoms with van der Waals surface area (Å²) in [6, 6.07) is 0. The second-order valence-electron chi connectivity index (χ2n) is 2.29. The van der Waals surface area contributed by atoms with E-state index in [2.05, 4.69) is 19.1 Å². The van der Waals surface area contributed by atoms with Crippen LogP contribution in [-0.2, 0) is 9.47 Å². The molecule has 2 nitrogen and oxygen atoms in total. The summed E-state index contributed by atoms with van der Waals surface area (Å²) >= 11 is 0. The molecule has 0 amide bonds. The minimum absolute atomic E-state index is 0.0304. The molecule has 1 rings (SSSR count). The number of hydrogen-bond acceptors (Lipinski definition) is 2. The monoisotopic (exact) mass is 142 g/mol.